The molecular weight excluding hydrogens is 280 g/mol. The first-order valence-corrected chi connectivity index (χ1v) is 8.05. The SMILES string of the molecule is CC1(C)Cc2ccccc2/C(=C/c2ccc3ccccc3n2)N1. The maximum Gasteiger partial charge on any atom is 0.0709 e. The second-order valence-electron chi connectivity index (χ2n) is 6.83. The van der Waals surface area contributed by atoms with Crippen LogP contribution in [0.5, 0.6) is 0 Å². The standard InChI is InChI=1S/C21H20N2/c1-21(2)14-16-8-3-5-9-18(16)20(23-21)13-17-12-11-15-7-4-6-10-19(15)22-17/h3-13,23H,14H2,1-2H3/b20-13-. The molecule has 2 aromatic carbocycles. The van der Waals surface area contributed by atoms with Crippen molar-refractivity contribution in [1.29, 1.82) is 0 Å². The van der Waals surface area contributed by atoms with Crippen LogP contribution in [0.25, 0.3) is 22.7 Å². The van der Waals surface area contributed by atoms with Crippen molar-refractivity contribution in [3.63, 3.8) is 0 Å². The highest BCUT2D eigenvalue weighted by Gasteiger charge is 2.27. The fourth-order valence-corrected chi connectivity index (χ4v) is 3.31. The molecule has 23 heavy (non-hydrogen) atoms. The van der Waals surface area contributed by atoms with Gasteiger partial charge >= 0.3 is 0 Å². The second-order valence-corrected chi connectivity index (χ2v) is 6.83. The van der Waals surface area contributed by atoms with Gasteiger partial charge in [0.25, 0.3) is 0 Å². The van der Waals surface area contributed by atoms with Crippen molar-refractivity contribution in [2.75, 3.05) is 0 Å². The number of pyridine rings is 1. The van der Waals surface area contributed by atoms with Gasteiger partial charge in [-0.1, -0.05) is 48.5 Å². The van der Waals surface area contributed by atoms with E-state index in [0.717, 1.165) is 23.3 Å². The third-order valence-electron chi connectivity index (χ3n) is 4.33. The molecule has 1 N–H and O–H groups in total. The minimum Gasteiger partial charge on any atom is -0.379 e. The van der Waals surface area contributed by atoms with E-state index < -0.39 is 0 Å². The quantitative estimate of drug-likeness (QED) is 0.707. The van der Waals surface area contributed by atoms with Crippen molar-refractivity contribution >= 4 is 22.7 Å². The van der Waals surface area contributed by atoms with Crippen LogP contribution in [-0.2, 0) is 6.42 Å². The average molecular weight is 300 g/mol. The number of rotatable bonds is 1. The monoisotopic (exact) mass is 300 g/mol. The number of hydrogen-bond acceptors (Lipinski definition) is 2. The Morgan fingerprint density at radius 2 is 1.74 bits per heavy atom. The molecule has 4 rings (SSSR count). The van der Waals surface area contributed by atoms with Crippen LogP contribution in [-0.4, -0.2) is 10.5 Å². The lowest BCUT2D eigenvalue weighted by Crippen LogP contribution is -2.43. The fourth-order valence-electron chi connectivity index (χ4n) is 3.31. The Morgan fingerprint density at radius 3 is 2.65 bits per heavy atom. The predicted octanol–water partition coefficient (Wildman–Crippen LogP) is 4.66. The van der Waals surface area contributed by atoms with Gasteiger partial charge < -0.3 is 5.32 Å². The summed E-state index contributed by atoms with van der Waals surface area (Å²) in [7, 11) is 0. The first-order valence-electron chi connectivity index (χ1n) is 8.05. The molecule has 1 aliphatic rings. The molecule has 0 radical (unpaired) electrons. The van der Waals surface area contributed by atoms with Crippen molar-refractivity contribution in [2.24, 2.45) is 0 Å². The van der Waals surface area contributed by atoms with Gasteiger partial charge in [0.1, 0.15) is 0 Å². The van der Waals surface area contributed by atoms with Crippen LogP contribution in [0.3, 0.4) is 0 Å². The lowest BCUT2D eigenvalue weighted by molar-refractivity contribution is 0.438. The summed E-state index contributed by atoms with van der Waals surface area (Å²) in [5, 5.41) is 4.84. The van der Waals surface area contributed by atoms with Crippen molar-refractivity contribution in [3.05, 3.63) is 77.5 Å². The van der Waals surface area contributed by atoms with E-state index in [1.54, 1.807) is 0 Å². The van der Waals surface area contributed by atoms with E-state index in [2.05, 4.69) is 73.8 Å². The van der Waals surface area contributed by atoms with Crippen LogP contribution in [0.15, 0.2) is 60.7 Å². The largest absolute Gasteiger partial charge is 0.379 e. The summed E-state index contributed by atoms with van der Waals surface area (Å²) < 4.78 is 0. The van der Waals surface area contributed by atoms with E-state index in [-0.39, 0.29) is 5.54 Å². The second kappa shape index (κ2) is 5.24. The van der Waals surface area contributed by atoms with Gasteiger partial charge in [-0.05, 0) is 44.0 Å². The minimum atomic E-state index is 0.0526. The molecule has 0 amide bonds. The number of fused-ring (bicyclic) bond motifs is 2. The molecule has 114 valence electrons. The molecule has 2 heteroatoms. The molecule has 2 heterocycles. The molecule has 0 saturated carbocycles. The van der Waals surface area contributed by atoms with Gasteiger partial charge in [-0.25, -0.2) is 4.98 Å². The van der Waals surface area contributed by atoms with Crippen LogP contribution in [0.4, 0.5) is 0 Å². The maximum atomic E-state index is 4.77. The van der Waals surface area contributed by atoms with Crippen molar-refractivity contribution in [1.82, 2.24) is 10.3 Å². The van der Waals surface area contributed by atoms with Gasteiger partial charge in [-0.3, -0.25) is 0 Å². The van der Waals surface area contributed by atoms with Gasteiger partial charge in [-0.2, -0.15) is 0 Å². The summed E-state index contributed by atoms with van der Waals surface area (Å²) >= 11 is 0. The topological polar surface area (TPSA) is 24.9 Å². The zero-order valence-electron chi connectivity index (χ0n) is 13.5. The number of aromatic nitrogens is 1. The Kier molecular flexibility index (Phi) is 3.19. The maximum absolute atomic E-state index is 4.77. The zero-order valence-corrected chi connectivity index (χ0v) is 13.5. The highest BCUT2D eigenvalue weighted by atomic mass is 15.0. The van der Waals surface area contributed by atoms with Gasteiger partial charge in [0.2, 0.25) is 0 Å². The van der Waals surface area contributed by atoms with Gasteiger partial charge in [-0.15, -0.1) is 0 Å². The third-order valence-corrected chi connectivity index (χ3v) is 4.33. The van der Waals surface area contributed by atoms with E-state index in [4.69, 9.17) is 4.98 Å². The first-order chi connectivity index (χ1) is 11.1. The van der Waals surface area contributed by atoms with Crippen molar-refractivity contribution in [3.8, 4) is 0 Å². The first kappa shape index (κ1) is 14.0. The van der Waals surface area contributed by atoms with Gasteiger partial charge in [0.15, 0.2) is 0 Å². The van der Waals surface area contributed by atoms with E-state index in [1.807, 2.05) is 12.1 Å². The Hall–Kier alpha value is -2.61. The zero-order chi connectivity index (χ0) is 15.9. The van der Waals surface area contributed by atoms with E-state index in [1.165, 1.54) is 16.5 Å². The predicted molar refractivity (Wildman–Crippen MR) is 97.0 cm³/mol. The van der Waals surface area contributed by atoms with Gasteiger partial charge in [0, 0.05) is 22.2 Å². The molecule has 0 atom stereocenters. The lowest BCUT2D eigenvalue weighted by atomic mass is 9.86. The number of nitrogens with one attached hydrogen (secondary N) is 1. The highest BCUT2D eigenvalue weighted by Crippen LogP contribution is 2.30. The van der Waals surface area contributed by atoms with Crippen molar-refractivity contribution < 1.29 is 0 Å². The molecular formula is C21H20N2. The van der Waals surface area contributed by atoms with Crippen LogP contribution in [0.1, 0.15) is 30.7 Å². The lowest BCUT2D eigenvalue weighted by Gasteiger charge is -2.35. The number of hydrogen-bond donors (Lipinski definition) is 1. The molecule has 1 aliphatic heterocycles. The minimum absolute atomic E-state index is 0.0526. The smallest absolute Gasteiger partial charge is 0.0709 e. The molecule has 1 aromatic heterocycles. The molecule has 0 bridgehead atoms. The molecule has 0 unspecified atom stereocenters. The third kappa shape index (κ3) is 2.72. The molecule has 0 saturated heterocycles. The van der Waals surface area contributed by atoms with Crippen LogP contribution in [0, 0.1) is 0 Å². The molecule has 0 fully saturated rings. The Morgan fingerprint density at radius 1 is 0.957 bits per heavy atom. The summed E-state index contributed by atoms with van der Waals surface area (Å²) in [6.07, 6.45) is 3.19. The van der Waals surface area contributed by atoms with E-state index in [0.29, 0.717) is 0 Å². The Labute approximate surface area is 136 Å². The number of para-hydroxylation sites is 1. The summed E-state index contributed by atoms with van der Waals surface area (Å²) in [5.74, 6) is 0. The highest BCUT2D eigenvalue weighted by molar-refractivity contribution is 5.85. The molecule has 0 spiro atoms. The Balaban J connectivity index is 1.83. The molecule has 2 nitrogen and oxygen atoms in total. The number of benzene rings is 2. The summed E-state index contributed by atoms with van der Waals surface area (Å²) in [6.45, 7) is 4.48. The molecule has 3 aromatic rings. The van der Waals surface area contributed by atoms with Crippen LogP contribution < -0.4 is 5.32 Å². The molecule has 0 aliphatic carbocycles. The fraction of sp³-hybridized carbons (Fsp3) is 0.190. The normalized spacial score (nSPS) is 17.7. The average Bonchev–Trinajstić information content (AvgIpc) is 2.54. The van der Waals surface area contributed by atoms with E-state index in [9.17, 15) is 0 Å². The Bertz CT molecular complexity index is 906. The summed E-state index contributed by atoms with van der Waals surface area (Å²) in [4.78, 5) is 4.77. The summed E-state index contributed by atoms with van der Waals surface area (Å²) in [6, 6.07) is 21.1. The van der Waals surface area contributed by atoms with Crippen LogP contribution in [0.2, 0.25) is 0 Å². The van der Waals surface area contributed by atoms with Crippen LogP contribution >= 0.6 is 0 Å². The number of nitrogens with zero attached hydrogens (tertiary/aromatic N) is 1. The van der Waals surface area contributed by atoms with Gasteiger partial charge in [0.05, 0.1) is 11.2 Å². The van der Waals surface area contributed by atoms with E-state index >= 15 is 0 Å². The summed E-state index contributed by atoms with van der Waals surface area (Å²) in [5.41, 5.74) is 5.89. The van der Waals surface area contributed by atoms with Crippen molar-refractivity contribution in [2.45, 2.75) is 25.8 Å².